The van der Waals surface area contributed by atoms with Gasteiger partial charge in [0.2, 0.25) is 5.88 Å². The molecule has 0 bridgehead atoms. The fraction of sp³-hybridized carbons (Fsp3) is 0.0714. The minimum Gasteiger partial charge on any atom is -0.478 e. The molecule has 1 aromatic carbocycles. The van der Waals surface area contributed by atoms with Crippen LogP contribution in [0.4, 0.5) is 0 Å². The first-order valence-electron chi connectivity index (χ1n) is 5.48. The Morgan fingerprint density at radius 2 is 2.16 bits per heavy atom. The van der Waals surface area contributed by atoms with Crippen molar-refractivity contribution in [3.05, 3.63) is 53.2 Å². The van der Waals surface area contributed by atoms with E-state index >= 15 is 0 Å². The number of nitriles is 1. The van der Waals surface area contributed by atoms with Gasteiger partial charge in [0.1, 0.15) is 11.8 Å². The molecule has 0 aliphatic carbocycles. The van der Waals surface area contributed by atoms with E-state index in [1.54, 1.807) is 31.2 Å². The molecule has 0 fully saturated rings. The van der Waals surface area contributed by atoms with Gasteiger partial charge in [-0.25, -0.2) is 9.78 Å². The first-order chi connectivity index (χ1) is 9.11. The lowest BCUT2D eigenvalue weighted by molar-refractivity contribution is 0.0695. The summed E-state index contributed by atoms with van der Waals surface area (Å²) in [4.78, 5) is 15.0. The van der Waals surface area contributed by atoms with E-state index in [4.69, 9.17) is 15.1 Å². The van der Waals surface area contributed by atoms with Gasteiger partial charge in [0.15, 0.2) is 0 Å². The molecule has 0 aliphatic rings. The van der Waals surface area contributed by atoms with Crippen molar-refractivity contribution in [2.24, 2.45) is 0 Å². The van der Waals surface area contributed by atoms with Gasteiger partial charge in [-0.15, -0.1) is 0 Å². The van der Waals surface area contributed by atoms with Crippen molar-refractivity contribution in [1.29, 1.82) is 5.26 Å². The summed E-state index contributed by atoms with van der Waals surface area (Å²) in [5.74, 6) is -0.266. The molecule has 0 unspecified atom stereocenters. The van der Waals surface area contributed by atoms with Gasteiger partial charge >= 0.3 is 5.97 Å². The van der Waals surface area contributed by atoms with Gasteiger partial charge in [-0.1, -0.05) is 6.07 Å². The summed E-state index contributed by atoms with van der Waals surface area (Å²) < 4.78 is 5.52. The van der Waals surface area contributed by atoms with Crippen LogP contribution >= 0.6 is 0 Å². The van der Waals surface area contributed by atoms with Crippen LogP contribution in [0, 0.1) is 18.3 Å². The largest absolute Gasteiger partial charge is 0.478 e. The maximum absolute atomic E-state index is 11.0. The summed E-state index contributed by atoms with van der Waals surface area (Å²) >= 11 is 0. The molecule has 0 saturated heterocycles. The monoisotopic (exact) mass is 254 g/mol. The average molecular weight is 254 g/mol. The Hall–Kier alpha value is -2.87. The number of carboxylic acids is 1. The zero-order chi connectivity index (χ0) is 13.8. The number of rotatable bonds is 3. The van der Waals surface area contributed by atoms with E-state index in [0.717, 1.165) is 0 Å². The van der Waals surface area contributed by atoms with E-state index in [9.17, 15) is 4.79 Å². The van der Waals surface area contributed by atoms with Crippen molar-refractivity contribution < 1.29 is 14.6 Å². The highest BCUT2D eigenvalue weighted by atomic mass is 16.5. The number of nitrogens with zero attached hydrogens (tertiary/aromatic N) is 2. The van der Waals surface area contributed by atoms with Crippen LogP contribution in [0.1, 0.15) is 21.5 Å². The van der Waals surface area contributed by atoms with Crippen LogP contribution in [0.2, 0.25) is 0 Å². The second kappa shape index (κ2) is 5.19. The van der Waals surface area contributed by atoms with Gasteiger partial charge in [-0.3, -0.25) is 0 Å². The lowest BCUT2D eigenvalue weighted by Gasteiger charge is -2.09. The number of aromatic nitrogens is 1. The topological polar surface area (TPSA) is 83.2 Å². The molecule has 5 heteroatoms. The number of carbonyl (C=O) groups is 1. The van der Waals surface area contributed by atoms with Gasteiger partial charge in [-0.2, -0.15) is 5.26 Å². The van der Waals surface area contributed by atoms with Crippen LogP contribution in [-0.4, -0.2) is 16.1 Å². The molecule has 0 aliphatic heterocycles. The normalized spacial score (nSPS) is 9.68. The van der Waals surface area contributed by atoms with Crippen LogP contribution in [0.5, 0.6) is 11.6 Å². The molecule has 1 aromatic heterocycles. The SMILES string of the molecule is Cc1c(Oc2ccc(C#N)cn2)cccc1C(=O)O. The third-order valence-electron chi connectivity index (χ3n) is 2.59. The Kier molecular flexibility index (Phi) is 3.44. The maximum atomic E-state index is 11.0. The molecular weight excluding hydrogens is 244 g/mol. The zero-order valence-corrected chi connectivity index (χ0v) is 10.1. The number of hydrogen-bond acceptors (Lipinski definition) is 4. The minimum absolute atomic E-state index is 0.186. The van der Waals surface area contributed by atoms with E-state index in [0.29, 0.717) is 22.8 Å². The smallest absolute Gasteiger partial charge is 0.336 e. The Morgan fingerprint density at radius 1 is 1.37 bits per heavy atom. The molecule has 5 nitrogen and oxygen atoms in total. The molecule has 0 amide bonds. The Bertz CT molecular complexity index is 657. The number of carboxylic acid groups (broad SMARTS) is 1. The standard InChI is InChI=1S/C14H10N2O3/c1-9-11(14(17)18)3-2-4-12(9)19-13-6-5-10(7-15)8-16-13/h2-6,8H,1H3,(H,17,18). The Morgan fingerprint density at radius 3 is 2.74 bits per heavy atom. The molecular formula is C14H10N2O3. The molecule has 2 aromatic rings. The third kappa shape index (κ3) is 2.69. The van der Waals surface area contributed by atoms with Crippen LogP contribution in [0.15, 0.2) is 36.5 Å². The van der Waals surface area contributed by atoms with Crippen molar-refractivity contribution in [3.63, 3.8) is 0 Å². The number of aromatic carboxylic acids is 1. The molecule has 2 rings (SSSR count). The number of hydrogen-bond donors (Lipinski definition) is 1. The summed E-state index contributed by atoms with van der Waals surface area (Å²) in [5, 5.41) is 17.7. The van der Waals surface area contributed by atoms with Crippen LogP contribution in [0.3, 0.4) is 0 Å². The molecule has 0 radical (unpaired) electrons. The van der Waals surface area contributed by atoms with Crippen LogP contribution < -0.4 is 4.74 Å². The lowest BCUT2D eigenvalue weighted by atomic mass is 10.1. The van der Waals surface area contributed by atoms with Crippen molar-refractivity contribution in [2.75, 3.05) is 0 Å². The number of ether oxygens (including phenoxy) is 1. The molecule has 1 heterocycles. The quantitative estimate of drug-likeness (QED) is 0.910. The molecule has 1 N–H and O–H groups in total. The summed E-state index contributed by atoms with van der Waals surface area (Å²) in [6.07, 6.45) is 1.39. The zero-order valence-electron chi connectivity index (χ0n) is 10.1. The summed E-state index contributed by atoms with van der Waals surface area (Å²) in [6, 6.07) is 9.89. The summed E-state index contributed by atoms with van der Waals surface area (Å²) in [6.45, 7) is 1.67. The van der Waals surface area contributed by atoms with E-state index in [-0.39, 0.29) is 5.56 Å². The number of pyridine rings is 1. The van der Waals surface area contributed by atoms with E-state index in [2.05, 4.69) is 4.98 Å². The van der Waals surface area contributed by atoms with Gasteiger partial charge in [0.05, 0.1) is 11.1 Å². The minimum atomic E-state index is -1.00. The van der Waals surface area contributed by atoms with Gasteiger partial charge < -0.3 is 9.84 Å². The van der Waals surface area contributed by atoms with Crippen molar-refractivity contribution in [3.8, 4) is 17.7 Å². The van der Waals surface area contributed by atoms with Gasteiger partial charge in [0, 0.05) is 17.8 Å². The second-order valence-corrected chi connectivity index (χ2v) is 3.83. The lowest BCUT2D eigenvalue weighted by Crippen LogP contribution is -2.01. The van der Waals surface area contributed by atoms with E-state index in [1.807, 2.05) is 6.07 Å². The highest BCUT2D eigenvalue weighted by Crippen LogP contribution is 2.26. The molecule has 0 saturated carbocycles. The predicted molar refractivity (Wildman–Crippen MR) is 67.2 cm³/mol. The Labute approximate surface area is 109 Å². The molecule has 94 valence electrons. The van der Waals surface area contributed by atoms with E-state index < -0.39 is 5.97 Å². The van der Waals surface area contributed by atoms with Crippen molar-refractivity contribution in [1.82, 2.24) is 4.98 Å². The highest BCUT2D eigenvalue weighted by molar-refractivity contribution is 5.90. The summed E-state index contributed by atoms with van der Waals surface area (Å²) in [7, 11) is 0. The molecule has 19 heavy (non-hydrogen) atoms. The Balaban J connectivity index is 2.30. The number of benzene rings is 1. The second-order valence-electron chi connectivity index (χ2n) is 3.83. The van der Waals surface area contributed by atoms with Crippen LogP contribution in [-0.2, 0) is 0 Å². The van der Waals surface area contributed by atoms with Crippen LogP contribution in [0.25, 0.3) is 0 Å². The predicted octanol–water partition coefficient (Wildman–Crippen LogP) is 2.75. The molecule has 0 spiro atoms. The maximum Gasteiger partial charge on any atom is 0.336 e. The average Bonchev–Trinajstić information content (AvgIpc) is 2.41. The first-order valence-corrected chi connectivity index (χ1v) is 5.48. The fourth-order valence-corrected chi connectivity index (χ4v) is 1.58. The summed E-state index contributed by atoms with van der Waals surface area (Å²) in [5.41, 5.74) is 1.15. The molecule has 0 atom stereocenters. The van der Waals surface area contributed by atoms with Gasteiger partial charge in [0.25, 0.3) is 0 Å². The van der Waals surface area contributed by atoms with Crippen molar-refractivity contribution in [2.45, 2.75) is 6.92 Å². The fourth-order valence-electron chi connectivity index (χ4n) is 1.58. The van der Waals surface area contributed by atoms with E-state index in [1.165, 1.54) is 12.3 Å². The van der Waals surface area contributed by atoms with Gasteiger partial charge in [-0.05, 0) is 25.1 Å². The van der Waals surface area contributed by atoms with Crippen molar-refractivity contribution >= 4 is 5.97 Å². The first kappa shape index (κ1) is 12.6. The highest BCUT2D eigenvalue weighted by Gasteiger charge is 2.11. The third-order valence-corrected chi connectivity index (χ3v) is 2.59.